The van der Waals surface area contributed by atoms with Crippen LogP contribution in [0.5, 0.6) is 11.5 Å². The van der Waals surface area contributed by atoms with E-state index in [4.69, 9.17) is 9.47 Å². The van der Waals surface area contributed by atoms with Crippen molar-refractivity contribution in [3.05, 3.63) is 65.3 Å². The average Bonchev–Trinajstić information content (AvgIpc) is 3.14. The van der Waals surface area contributed by atoms with Crippen molar-refractivity contribution >= 4 is 5.90 Å². The van der Waals surface area contributed by atoms with Crippen molar-refractivity contribution < 1.29 is 18.3 Å². The third-order valence-electron chi connectivity index (χ3n) is 5.60. The summed E-state index contributed by atoms with van der Waals surface area (Å²) in [7, 11) is 0. The zero-order valence-corrected chi connectivity index (χ0v) is 17.1. The summed E-state index contributed by atoms with van der Waals surface area (Å²) in [6, 6.07) is 6.19. The van der Waals surface area contributed by atoms with E-state index >= 15 is 0 Å². The molecule has 2 aromatic rings. The van der Waals surface area contributed by atoms with Crippen LogP contribution in [0.2, 0.25) is 0 Å². The predicted octanol–water partition coefficient (Wildman–Crippen LogP) is 2.78. The van der Waals surface area contributed by atoms with Crippen LogP contribution in [0.1, 0.15) is 11.3 Å². The molecule has 2 saturated heterocycles. The number of hydrogen-bond acceptors (Lipinski definition) is 7. The maximum atomic E-state index is 14.5. The number of hydrogen-bond donors (Lipinski definition) is 1. The van der Waals surface area contributed by atoms with Crippen LogP contribution in [-0.2, 0) is 11.3 Å². The molecule has 1 aromatic heterocycles. The number of fused-ring (bicyclic) bond motifs is 3. The highest BCUT2D eigenvalue weighted by Gasteiger charge is 2.36. The summed E-state index contributed by atoms with van der Waals surface area (Å²) < 4.78 is 40.1. The lowest BCUT2D eigenvalue weighted by molar-refractivity contribution is 0.245. The first kappa shape index (κ1) is 19.7. The summed E-state index contributed by atoms with van der Waals surface area (Å²) in [6.07, 6.45) is 3.33. The van der Waals surface area contributed by atoms with Gasteiger partial charge in [0, 0.05) is 37.9 Å². The Balaban J connectivity index is 1.26. The van der Waals surface area contributed by atoms with E-state index in [9.17, 15) is 8.78 Å². The molecule has 9 heteroatoms. The molecule has 0 saturated carbocycles. The summed E-state index contributed by atoms with van der Waals surface area (Å²) in [4.78, 5) is 13.1. The fraction of sp³-hybridized carbons (Fsp3) is 0.364. The largest absolute Gasteiger partial charge is 0.473 e. The summed E-state index contributed by atoms with van der Waals surface area (Å²) in [6.45, 7) is 6.12. The van der Waals surface area contributed by atoms with Crippen molar-refractivity contribution in [2.75, 3.05) is 32.8 Å². The van der Waals surface area contributed by atoms with E-state index < -0.39 is 17.4 Å². The molecule has 0 amide bonds. The standard InChI is InChI=1S/C22H23F2N5O2/c1-14-2-3-17(10-26-14)31-22-18(23)6-15(7-19(22)24)12-30-20-8-21-28(13-27-20)11-16-9-25-4-5-29(16)21/h2-3,6-8,10,16,25H,4-5,9,11-13H2,1H3. The number of benzene rings is 1. The van der Waals surface area contributed by atoms with Crippen LogP contribution >= 0.6 is 0 Å². The van der Waals surface area contributed by atoms with E-state index in [2.05, 4.69) is 25.1 Å². The van der Waals surface area contributed by atoms with Crippen LogP contribution in [0.3, 0.4) is 0 Å². The molecule has 4 heterocycles. The summed E-state index contributed by atoms with van der Waals surface area (Å²) in [5, 5.41) is 3.41. The zero-order chi connectivity index (χ0) is 21.4. The van der Waals surface area contributed by atoms with Crippen LogP contribution < -0.4 is 10.1 Å². The fourth-order valence-electron chi connectivity index (χ4n) is 4.04. The first-order valence-electron chi connectivity index (χ1n) is 10.3. The third-order valence-corrected chi connectivity index (χ3v) is 5.60. The van der Waals surface area contributed by atoms with E-state index in [0.717, 1.165) is 37.7 Å². The van der Waals surface area contributed by atoms with Gasteiger partial charge in [0.1, 0.15) is 24.8 Å². The van der Waals surface area contributed by atoms with Gasteiger partial charge in [0.25, 0.3) is 0 Å². The second-order valence-electron chi connectivity index (χ2n) is 7.83. The quantitative estimate of drug-likeness (QED) is 0.810. The molecule has 3 aliphatic rings. The number of aryl methyl sites for hydroxylation is 1. The summed E-state index contributed by atoms with van der Waals surface area (Å²) in [5.74, 6) is -0.218. The van der Waals surface area contributed by atoms with E-state index in [-0.39, 0.29) is 12.4 Å². The van der Waals surface area contributed by atoms with Crippen LogP contribution in [0.4, 0.5) is 8.78 Å². The lowest BCUT2D eigenvalue weighted by Crippen LogP contribution is -2.48. The normalized spacial score (nSPS) is 20.0. The van der Waals surface area contributed by atoms with Crippen molar-refractivity contribution in [2.45, 2.75) is 19.6 Å². The molecular formula is C22H23F2N5O2. The van der Waals surface area contributed by atoms with Gasteiger partial charge in [-0.3, -0.25) is 4.98 Å². The molecule has 0 aliphatic carbocycles. The number of aromatic nitrogens is 1. The van der Waals surface area contributed by atoms with Gasteiger partial charge in [-0.15, -0.1) is 0 Å². The number of pyridine rings is 1. The van der Waals surface area contributed by atoms with Crippen LogP contribution in [0, 0.1) is 18.6 Å². The van der Waals surface area contributed by atoms with Gasteiger partial charge in [-0.1, -0.05) is 0 Å². The van der Waals surface area contributed by atoms with Gasteiger partial charge in [0.15, 0.2) is 17.4 Å². The van der Waals surface area contributed by atoms with Crippen molar-refractivity contribution in [1.29, 1.82) is 0 Å². The van der Waals surface area contributed by atoms with E-state index in [0.29, 0.717) is 24.2 Å². The highest BCUT2D eigenvalue weighted by Crippen LogP contribution is 2.30. The second kappa shape index (κ2) is 8.14. The van der Waals surface area contributed by atoms with Gasteiger partial charge in [0.2, 0.25) is 5.90 Å². The smallest absolute Gasteiger partial charge is 0.214 e. The number of nitrogens with zero attached hydrogens (tertiary/aromatic N) is 4. The van der Waals surface area contributed by atoms with Crippen LogP contribution in [0.25, 0.3) is 0 Å². The number of aliphatic imine (C=N–C) groups is 1. The number of ether oxygens (including phenoxy) is 2. The fourth-order valence-corrected chi connectivity index (χ4v) is 4.04. The molecule has 1 N–H and O–H groups in total. The molecule has 5 rings (SSSR count). The molecule has 1 unspecified atom stereocenters. The van der Waals surface area contributed by atoms with Crippen molar-refractivity contribution in [1.82, 2.24) is 20.1 Å². The third kappa shape index (κ3) is 4.05. The lowest BCUT2D eigenvalue weighted by Gasteiger charge is -2.32. The minimum absolute atomic E-state index is 0.00774. The molecule has 162 valence electrons. The highest BCUT2D eigenvalue weighted by atomic mass is 19.1. The number of rotatable bonds is 4. The zero-order valence-electron chi connectivity index (χ0n) is 17.1. The molecular weight excluding hydrogens is 404 g/mol. The van der Waals surface area contributed by atoms with E-state index in [1.165, 1.54) is 18.3 Å². The molecule has 0 radical (unpaired) electrons. The highest BCUT2D eigenvalue weighted by molar-refractivity contribution is 5.89. The molecule has 31 heavy (non-hydrogen) atoms. The Bertz CT molecular complexity index is 1020. The first-order chi connectivity index (χ1) is 15.1. The second-order valence-corrected chi connectivity index (χ2v) is 7.83. The van der Waals surface area contributed by atoms with Crippen molar-refractivity contribution in [3.8, 4) is 11.5 Å². The van der Waals surface area contributed by atoms with Crippen LogP contribution in [0.15, 0.2) is 47.4 Å². The Hall–Kier alpha value is -3.20. The molecule has 0 bridgehead atoms. The Kier molecular flexibility index (Phi) is 5.19. The minimum atomic E-state index is -0.797. The van der Waals surface area contributed by atoms with Gasteiger partial charge in [-0.25, -0.2) is 13.8 Å². The molecule has 7 nitrogen and oxygen atoms in total. The molecule has 1 aromatic carbocycles. The van der Waals surface area contributed by atoms with Gasteiger partial charge in [0.05, 0.1) is 12.2 Å². The van der Waals surface area contributed by atoms with Crippen molar-refractivity contribution in [3.63, 3.8) is 0 Å². The SMILES string of the molecule is Cc1ccc(Oc2c(F)cc(COC3=NCN4CC5CNCCN5C4=C3)cc2F)cn1. The lowest BCUT2D eigenvalue weighted by atomic mass is 10.2. The number of halogens is 2. The summed E-state index contributed by atoms with van der Waals surface area (Å²) >= 11 is 0. The Morgan fingerprint density at radius 1 is 1.23 bits per heavy atom. The number of piperazine rings is 1. The van der Waals surface area contributed by atoms with Crippen molar-refractivity contribution in [2.24, 2.45) is 4.99 Å². The van der Waals surface area contributed by atoms with Gasteiger partial charge in [-0.2, -0.15) is 0 Å². The molecule has 2 fully saturated rings. The summed E-state index contributed by atoms with van der Waals surface area (Å²) in [5.41, 5.74) is 1.15. The number of nitrogens with one attached hydrogen (secondary N) is 1. The Morgan fingerprint density at radius 2 is 2.06 bits per heavy atom. The molecule has 1 atom stereocenters. The topological polar surface area (TPSA) is 62.2 Å². The van der Waals surface area contributed by atoms with Gasteiger partial charge in [-0.05, 0) is 36.8 Å². The Labute approximate surface area is 179 Å². The van der Waals surface area contributed by atoms with Crippen LogP contribution in [-0.4, -0.2) is 59.6 Å². The minimum Gasteiger partial charge on any atom is -0.473 e. The molecule has 0 spiro atoms. The first-order valence-corrected chi connectivity index (χ1v) is 10.3. The Morgan fingerprint density at radius 3 is 2.84 bits per heavy atom. The van der Waals surface area contributed by atoms with E-state index in [1.807, 2.05) is 13.0 Å². The molecule has 3 aliphatic heterocycles. The monoisotopic (exact) mass is 427 g/mol. The van der Waals surface area contributed by atoms with Gasteiger partial charge >= 0.3 is 0 Å². The maximum Gasteiger partial charge on any atom is 0.214 e. The predicted molar refractivity (Wildman–Crippen MR) is 111 cm³/mol. The average molecular weight is 427 g/mol. The van der Waals surface area contributed by atoms with Gasteiger partial charge < -0.3 is 24.6 Å². The maximum absolute atomic E-state index is 14.5. The van der Waals surface area contributed by atoms with E-state index in [1.54, 1.807) is 12.1 Å².